The van der Waals surface area contributed by atoms with Gasteiger partial charge >= 0.3 is 5.97 Å². The van der Waals surface area contributed by atoms with Crippen molar-refractivity contribution < 1.29 is 9.53 Å². The third-order valence-electron chi connectivity index (χ3n) is 4.45. The lowest BCUT2D eigenvalue weighted by atomic mass is 10.1. The molecule has 134 valence electrons. The first kappa shape index (κ1) is 17.0. The lowest BCUT2D eigenvalue weighted by Gasteiger charge is -2.04. The van der Waals surface area contributed by atoms with Gasteiger partial charge in [-0.3, -0.25) is 5.10 Å². The molecule has 0 saturated carbocycles. The molecule has 0 amide bonds. The number of pyridine rings is 1. The second-order valence-corrected chi connectivity index (χ2v) is 6.33. The van der Waals surface area contributed by atoms with Crippen LogP contribution in [0.2, 0.25) is 0 Å². The zero-order valence-electron chi connectivity index (χ0n) is 15.2. The molecule has 27 heavy (non-hydrogen) atoms. The van der Waals surface area contributed by atoms with Crippen LogP contribution in [-0.2, 0) is 4.74 Å². The zero-order chi connectivity index (χ0) is 18.8. The largest absolute Gasteiger partial charge is 0.462 e. The van der Waals surface area contributed by atoms with Crippen LogP contribution in [0.4, 0.5) is 0 Å². The highest BCUT2D eigenvalue weighted by Crippen LogP contribution is 2.28. The lowest BCUT2D eigenvalue weighted by Crippen LogP contribution is -2.04. The SMILES string of the molecule is CCOC(=O)c1ccc(-c2ccc3c(-c4ccc(C)cc4)[nH]nc3n2)cc1. The monoisotopic (exact) mass is 357 g/mol. The molecule has 0 aliphatic heterocycles. The number of aromatic nitrogens is 3. The predicted octanol–water partition coefficient (Wildman–Crippen LogP) is 4.78. The number of benzene rings is 2. The Labute approximate surface area is 157 Å². The van der Waals surface area contributed by atoms with Gasteiger partial charge in [-0.15, -0.1) is 0 Å². The number of aromatic amines is 1. The van der Waals surface area contributed by atoms with Crippen LogP contribution in [0.15, 0.2) is 60.7 Å². The van der Waals surface area contributed by atoms with Crippen LogP contribution in [0.5, 0.6) is 0 Å². The Morgan fingerprint density at radius 1 is 0.963 bits per heavy atom. The van der Waals surface area contributed by atoms with Crippen LogP contribution >= 0.6 is 0 Å². The normalized spacial score (nSPS) is 10.9. The minimum absolute atomic E-state index is 0.317. The van der Waals surface area contributed by atoms with Gasteiger partial charge in [-0.2, -0.15) is 5.10 Å². The minimum atomic E-state index is -0.317. The molecule has 0 spiro atoms. The Morgan fingerprint density at radius 3 is 2.37 bits per heavy atom. The molecule has 2 aromatic heterocycles. The van der Waals surface area contributed by atoms with Gasteiger partial charge in [-0.25, -0.2) is 9.78 Å². The molecule has 0 unspecified atom stereocenters. The maximum atomic E-state index is 11.8. The van der Waals surface area contributed by atoms with Crippen molar-refractivity contribution in [2.24, 2.45) is 0 Å². The number of carbonyl (C=O) groups is 1. The molecule has 0 atom stereocenters. The molecule has 0 radical (unpaired) electrons. The van der Waals surface area contributed by atoms with Crippen LogP contribution in [0.25, 0.3) is 33.5 Å². The van der Waals surface area contributed by atoms with Gasteiger partial charge in [-0.05, 0) is 38.1 Å². The number of esters is 1. The van der Waals surface area contributed by atoms with Crippen LogP contribution in [0, 0.1) is 6.92 Å². The third-order valence-corrected chi connectivity index (χ3v) is 4.45. The first-order valence-corrected chi connectivity index (χ1v) is 8.85. The summed E-state index contributed by atoms with van der Waals surface area (Å²) in [6.45, 7) is 4.22. The van der Waals surface area contributed by atoms with Crippen LogP contribution in [0.1, 0.15) is 22.8 Å². The number of hydrogen-bond acceptors (Lipinski definition) is 4. The van der Waals surface area contributed by atoms with Crippen molar-refractivity contribution in [3.8, 4) is 22.5 Å². The Kier molecular flexibility index (Phi) is 4.42. The van der Waals surface area contributed by atoms with E-state index in [1.807, 2.05) is 24.3 Å². The Bertz CT molecular complexity index is 1100. The maximum absolute atomic E-state index is 11.8. The van der Waals surface area contributed by atoms with Crippen molar-refractivity contribution in [2.45, 2.75) is 13.8 Å². The molecule has 4 rings (SSSR count). The van der Waals surface area contributed by atoms with Crippen molar-refractivity contribution in [3.63, 3.8) is 0 Å². The van der Waals surface area contributed by atoms with Crippen molar-refractivity contribution in [1.82, 2.24) is 15.2 Å². The van der Waals surface area contributed by atoms with Gasteiger partial charge in [0.25, 0.3) is 0 Å². The Morgan fingerprint density at radius 2 is 1.67 bits per heavy atom. The fourth-order valence-corrected chi connectivity index (χ4v) is 2.99. The van der Waals surface area contributed by atoms with Gasteiger partial charge < -0.3 is 4.74 Å². The summed E-state index contributed by atoms with van der Waals surface area (Å²) in [4.78, 5) is 16.4. The fourth-order valence-electron chi connectivity index (χ4n) is 2.99. The smallest absolute Gasteiger partial charge is 0.338 e. The number of carbonyl (C=O) groups excluding carboxylic acids is 1. The number of ether oxygens (including phenoxy) is 1. The van der Waals surface area contributed by atoms with Gasteiger partial charge in [-0.1, -0.05) is 42.0 Å². The molecule has 0 aliphatic carbocycles. The summed E-state index contributed by atoms with van der Waals surface area (Å²) in [6, 6.07) is 19.5. The maximum Gasteiger partial charge on any atom is 0.338 e. The molecule has 5 heteroatoms. The number of H-pyrrole nitrogens is 1. The van der Waals surface area contributed by atoms with E-state index >= 15 is 0 Å². The average Bonchev–Trinajstić information content (AvgIpc) is 3.12. The van der Waals surface area contributed by atoms with E-state index in [0.717, 1.165) is 27.9 Å². The number of aryl methyl sites for hydroxylation is 1. The number of hydrogen-bond donors (Lipinski definition) is 1. The third kappa shape index (κ3) is 3.31. The number of rotatable bonds is 4. The van der Waals surface area contributed by atoms with Gasteiger partial charge in [0.1, 0.15) is 0 Å². The topological polar surface area (TPSA) is 67.9 Å². The van der Waals surface area contributed by atoms with Crippen molar-refractivity contribution in [3.05, 3.63) is 71.8 Å². The van der Waals surface area contributed by atoms with Gasteiger partial charge in [0, 0.05) is 16.5 Å². The van der Waals surface area contributed by atoms with Crippen LogP contribution in [0.3, 0.4) is 0 Å². The number of fused-ring (bicyclic) bond motifs is 1. The van der Waals surface area contributed by atoms with Crippen molar-refractivity contribution >= 4 is 17.0 Å². The van der Waals surface area contributed by atoms with Crippen molar-refractivity contribution in [2.75, 3.05) is 6.61 Å². The number of nitrogens with zero attached hydrogens (tertiary/aromatic N) is 2. The summed E-state index contributed by atoms with van der Waals surface area (Å²) < 4.78 is 5.01. The van der Waals surface area contributed by atoms with Crippen molar-refractivity contribution in [1.29, 1.82) is 0 Å². The molecule has 0 saturated heterocycles. The number of nitrogens with one attached hydrogen (secondary N) is 1. The van der Waals surface area contributed by atoms with E-state index in [2.05, 4.69) is 46.4 Å². The molecule has 2 heterocycles. The molecular formula is C22H19N3O2. The molecule has 0 aliphatic rings. The summed E-state index contributed by atoms with van der Waals surface area (Å²) in [5.41, 5.74) is 6.18. The summed E-state index contributed by atoms with van der Waals surface area (Å²) >= 11 is 0. The Hall–Kier alpha value is -3.47. The average molecular weight is 357 g/mol. The van der Waals surface area contributed by atoms with Gasteiger partial charge in [0.05, 0.1) is 23.6 Å². The highest BCUT2D eigenvalue weighted by Gasteiger charge is 2.11. The summed E-state index contributed by atoms with van der Waals surface area (Å²) in [5.74, 6) is -0.317. The van der Waals surface area contributed by atoms with E-state index < -0.39 is 0 Å². The van der Waals surface area contributed by atoms with E-state index in [0.29, 0.717) is 17.8 Å². The highest BCUT2D eigenvalue weighted by atomic mass is 16.5. The molecule has 2 aromatic carbocycles. The van der Waals surface area contributed by atoms with E-state index in [1.54, 1.807) is 19.1 Å². The molecule has 0 bridgehead atoms. The molecule has 5 nitrogen and oxygen atoms in total. The van der Waals surface area contributed by atoms with E-state index in [-0.39, 0.29) is 5.97 Å². The van der Waals surface area contributed by atoms with E-state index in [9.17, 15) is 4.79 Å². The molecular weight excluding hydrogens is 338 g/mol. The molecule has 1 N–H and O–H groups in total. The lowest BCUT2D eigenvalue weighted by molar-refractivity contribution is 0.0526. The first-order chi connectivity index (χ1) is 13.2. The van der Waals surface area contributed by atoms with Gasteiger partial charge in [0.2, 0.25) is 0 Å². The molecule has 0 fully saturated rings. The quantitative estimate of drug-likeness (QED) is 0.534. The van der Waals surface area contributed by atoms with E-state index in [4.69, 9.17) is 4.74 Å². The van der Waals surface area contributed by atoms with Crippen LogP contribution < -0.4 is 0 Å². The minimum Gasteiger partial charge on any atom is -0.462 e. The summed E-state index contributed by atoms with van der Waals surface area (Å²) in [7, 11) is 0. The van der Waals surface area contributed by atoms with Gasteiger partial charge in [0.15, 0.2) is 5.65 Å². The fraction of sp³-hybridized carbons (Fsp3) is 0.136. The molecule has 4 aromatic rings. The first-order valence-electron chi connectivity index (χ1n) is 8.85. The zero-order valence-corrected chi connectivity index (χ0v) is 15.2. The van der Waals surface area contributed by atoms with Crippen LogP contribution in [-0.4, -0.2) is 27.8 Å². The second-order valence-electron chi connectivity index (χ2n) is 6.33. The van der Waals surface area contributed by atoms with E-state index in [1.165, 1.54) is 5.56 Å². The standard InChI is InChI=1S/C22H19N3O2/c1-3-27-22(26)17-10-8-15(9-11-17)19-13-12-18-20(24-25-21(18)23-19)16-6-4-14(2)5-7-16/h4-13H,3H2,1-2H3,(H,23,24,25). The Balaban J connectivity index is 1.66. The summed E-state index contributed by atoms with van der Waals surface area (Å²) in [5, 5.41) is 8.43. The summed E-state index contributed by atoms with van der Waals surface area (Å²) in [6.07, 6.45) is 0. The predicted molar refractivity (Wildman–Crippen MR) is 105 cm³/mol. The second kappa shape index (κ2) is 7.03. The highest BCUT2D eigenvalue weighted by molar-refractivity contribution is 5.92.